The second kappa shape index (κ2) is 6.43. The number of aryl methyl sites for hydroxylation is 1. The van der Waals surface area contributed by atoms with Crippen LogP contribution in [-0.4, -0.2) is 37.5 Å². The van der Waals surface area contributed by atoms with Crippen LogP contribution in [0.5, 0.6) is 11.5 Å². The van der Waals surface area contributed by atoms with Crippen LogP contribution in [-0.2, 0) is 16.0 Å². The molecule has 1 aromatic rings. The summed E-state index contributed by atoms with van der Waals surface area (Å²) in [5, 5.41) is 8.61. The van der Waals surface area contributed by atoms with Gasteiger partial charge in [0.25, 0.3) is 0 Å². The van der Waals surface area contributed by atoms with Crippen molar-refractivity contribution >= 4 is 5.97 Å². The molecule has 0 radical (unpaired) electrons. The number of carboxylic acid groups (broad SMARTS) is 1. The van der Waals surface area contributed by atoms with Crippen LogP contribution in [0.3, 0.4) is 0 Å². The Hall–Kier alpha value is -1.75. The molecule has 104 valence electrons. The van der Waals surface area contributed by atoms with Crippen LogP contribution >= 0.6 is 0 Å². The third kappa shape index (κ3) is 3.86. The van der Waals surface area contributed by atoms with Crippen LogP contribution in [0.15, 0.2) is 18.2 Å². The first-order chi connectivity index (χ1) is 9.19. The highest BCUT2D eigenvalue weighted by molar-refractivity contribution is 5.66. The molecule has 1 heterocycles. The lowest BCUT2D eigenvalue weighted by Crippen LogP contribution is -2.38. The number of aliphatic carboxylic acids is 1. The van der Waals surface area contributed by atoms with Gasteiger partial charge >= 0.3 is 5.97 Å². The molecule has 5 heteroatoms. The third-order valence-corrected chi connectivity index (χ3v) is 2.99. The maximum atomic E-state index is 10.5. The minimum atomic E-state index is -0.767. The van der Waals surface area contributed by atoms with Crippen LogP contribution < -0.4 is 9.47 Å². The molecule has 2 rings (SSSR count). The molecule has 0 bridgehead atoms. The topological polar surface area (TPSA) is 65.0 Å². The van der Waals surface area contributed by atoms with Gasteiger partial charge in [0.15, 0.2) is 11.5 Å². The van der Waals surface area contributed by atoms with Gasteiger partial charge in [0.1, 0.15) is 6.10 Å². The highest BCUT2D eigenvalue weighted by Crippen LogP contribution is 2.30. The van der Waals surface area contributed by atoms with E-state index in [0.29, 0.717) is 31.1 Å². The molecule has 0 aliphatic carbocycles. The van der Waals surface area contributed by atoms with Gasteiger partial charge in [-0.1, -0.05) is 6.07 Å². The van der Waals surface area contributed by atoms with Gasteiger partial charge in [0, 0.05) is 6.42 Å². The summed E-state index contributed by atoms with van der Waals surface area (Å²) in [6.07, 6.45) is 1.62. The second-order valence-corrected chi connectivity index (χ2v) is 4.51. The number of benzene rings is 1. The standard InChI is InChI=1S/C14H18O5/c1-17-13-7-10(3-2-4-14(15)16)5-6-12(13)19-11-8-18-9-11/h5-7,11H,2-4,8-9H2,1H3,(H,15,16). The lowest BCUT2D eigenvalue weighted by Gasteiger charge is -2.27. The van der Waals surface area contributed by atoms with Crippen molar-refractivity contribution in [3.05, 3.63) is 23.8 Å². The molecule has 1 fully saturated rings. The highest BCUT2D eigenvalue weighted by Gasteiger charge is 2.21. The number of hydrogen-bond donors (Lipinski definition) is 1. The SMILES string of the molecule is COc1cc(CCCC(=O)O)ccc1OC1COC1. The van der Waals surface area contributed by atoms with Gasteiger partial charge in [-0.15, -0.1) is 0 Å². The molecule has 0 amide bonds. The Labute approximate surface area is 112 Å². The second-order valence-electron chi connectivity index (χ2n) is 4.51. The van der Waals surface area contributed by atoms with Gasteiger partial charge in [-0.2, -0.15) is 0 Å². The van der Waals surface area contributed by atoms with Crippen molar-refractivity contribution < 1.29 is 24.1 Å². The first-order valence-electron chi connectivity index (χ1n) is 6.32. The van der Waals surface area contributed by atoms with Crippen molar-refractivity contribution in [2.24, 2.45) is 0 Å². The van der Waals surface area contributed by atoms with Crippen LogP contribution in [0.2, 0.25) is 0 Å². The van der Waals surface area contributed by atoms with Crippen LogP contribution in [0.1, 0.15) is 18.4 Å². The van der Waals surface area contributed by atoms with E-state index in [0.717, 1.165) is 12.0 Å². The lowest BCUT2D eigenvalue weighted by atomic mass is 10.1. The first kappa shape index (κ1) is 13.7. The molecule has 1 aliphatic heterocycles. The average Bonchev–Trinajstić information content (AvgIpc) is 2.34. The summed E-state index contributed by atoms with van der Waals surface area (Å²) < 4.78 is 16.1. The van der Waals surface area contributed by atoms with Crippen molar-refractivity contribution in [1.29, 1.82) is 0 Å². The molecular weight excluding hydrogens is 248 g/mol. The van der Waals surface area contributed by atoms with Gasteiger partial charge < -0.3 is 19.3 Å². The maximum absolute atomic E-state index is 10.5. The fourth-order valence-electron chi connectivity index (χ4n) is 1.87. The van der Waals surface area contributed by atoms with Gasteiger partial charge in [-0.3, -0.25) is 4.79 Å². The maximum Gasteiger partial charge on any atom is 0.303 e. The number of carbonyl (C=O) groups is 1. The summed E-state index contributed by atoms with van der Waals surface area (Å²) in [5.74, 6) is 0.620. The summed E-state index contributed by atoms with van der Waals surface area (Å²) in [6.45, 7) is 1.23. The third-order valence-electron chi connectivity index (χ3n) is 2.99. The quantitative estimate of drug-likeness (QED) is 0.816. The number of rotatable bonds is 7. The molecule has 0 aromatic heterocycles. The fraction of sp³-hybridized carbons (Fsp3) is 0.500. The van der Waals surface area contributed by atoms with E-state index in [2.05, 4.69) is 0 Å². The zero-order valence-corrected chi connectivity index (χ0v) is 10.9. The van der Waals surface area contributed by atoms with Crippen LogP contribution in [0.4, 0.5) is 0 Å². The predicted molar refractivity (Wildman–Crippen MR) is 68.8 cm³/mol. The van der Waals surface area contributed by atoms with Gasteiger partial charge in [0.05, 0.1) is 20.3 Å². The monoisotopic (exact) mass is 266 g/mol. The molecule has 0 unspecified atom stereocenters. The minimum absolute atomic E-state index is 0.103. The van der Waals surface area contributed by atoms with E-state index < -0.39 is 5.97 Å². The molecule has 1 N–H and O–H groups in total. The fourth-order valence-corrected chi connectivity index (χ4v) is 1.87. The number of ether oxygens (including phenoxy) is 3. The zero-order valence-electron chi connectivity index (χ0n) is 10.9. The Morgan fingerprint density at radius 1 is 1.42 bits per heavy atom. The smallest absolute Gasteiger partial charge is 0.303 e. The van der Waals surface area contributed by atoms with E-state index in [4.69, 9.17) is 19.3 Å². The summed E-state index contributed by atoms with van der Waals surface area (Å²) in [4.78, 5) is 10.5. The molecule has 1 aliphatic rings. The van der Waals surface area contributed by atoms with E-state index in [1.165, 1.54) is 0 Å². The molecular formula is C14H18O5. The van der Waals surface area contributed by atoms with Gasteiger partial charge in [-0.05, 0) is 30.5 Å². The van der Waals surface area contributed by atoms with Crippen LogP contribution in [0.25, 0.3) is 0 Å². The molecule has 19 heavy (non-hydrogen) atoms. The average molecular weight is 266 g/mol. The molecule has 1 saturated heterocycles. The van der Waals surface area contributed by atoms with Crippen molar-refractivity contribution in [1.82, 2.24) is 0 Å². The Kier molecular flexibility index (Phi) is 4.63. The van der Waals surface area contributed by atoms with E-state index >= 15 is 0 Å². The number of carboxylic acids is 1. The Bertz CT molecular complexity index is 439. The Balaban J connectivity index is 1.96. The van der Waals surface area contributed by atoms with Crippen molar-refractivity contribution in [3.8, 4) is 11.5 Å². The zero-order chi connectivity index (χ0) is 13.7. The number of hydrogen-bond acceptors (Lipinski definition) is 4. The molecule has 0 saturated carbocycles. The molecule has 0 atom stereocenters. The lowest BCUT2D eigenvalue weighted by molar-refractivity contribution is -0.137. The summed E-state index contributed by atoms with van der Waals surface area (Å²) >= 11 is 0. The number of methoxy groups -OCH3 is 1. The summed E-state index contributed by atoms with van der Waals surface area (Å²) in [7, 11) is 1.60. The Morgan fingerprint density at radius 2 is 2.21 bits per heavy atom. The van der Waals surface area contributed by atoms with Gasteiger partial charge in [-0.25, -0.2) is 0 Å². The largest absolute Gasteiger partial charge is 0.493 e. The van der Waals surface area contributed by atoms with E-state index in [1.807, 2.05) is 18.2 Å². The highest BCUT2D eigenvalue weighted by atomic mass is 16.6. The van der Waals surface area contributed by atoms with Gasteiger partial charge in [0.2, 0.25) is 0 Å². The summed E-state index contributed by atoms with van der Waals surface area (Å²) in [5.41, 5.74) is 1.05. The predicted octanol–water partition coefficient (Wildman–Crippen LogP) is 1.88. The van der Waals surface area contributed by atoms with E-state index in [-0.39, 0.29) is 12.5 Å². The minimum Gasteiger partial charge on any atom is -0.493 e. The van der Waals surface area contributed by atoms with E-state index in [1.54, 1.807) is 7.11 Å². The molecule has 5 nitrogen and oxygen atoms in total. The first-order valence-corrected chi connectivity index (χ1v) is 6.32. The van der Waals surface area contributed by atoms with E-state index in [9.17, 15) is 4.79 Å². The Morgan fingerprint density at radius 3 is 2.79 bits per heavy atom. The van der Waals surface area contributed by atoms with Crippen molar-refractivity contribution in [2.45, 2.75) is 25.4 Å². The van der Waals surface area contributed by atoms with Crippen molar-refractivity contribution in [3.63, 3.8) is 0 Å². The summed E-state index contributed by atoms with van der Waals surface area (Å²) in [6, 6.07) is 5.71. The molecule has 1 aromatic carbocycles. The van der Waals surface area contributed by atoms with Crippen molar-refractivity contribution in [2.75, 3.05) is 20.3 Å². The van der Waals surface area contributed by atoms with Crippen LogP contribution in [0, 0.1) is 0 Å². The normalized spacial score (nSPS) is 14.8. The molecule has 0 spiro atoms.